The second-order valence-electron chi connectivity index (χ2n) is 5.02. The van der Waals surface area contributed by atoms with Crippen LogP contribution in [0.5, 0.6) is 0 Å². The predicted octanol–water partition coefficient (Wildman–Crippen LogP) is 3.82. The summed E-state index contributed by atoms with van der Waals surface area (Å²) in [6.45, 7) is 4.41. The molecule has 0 bridgehead atoms. The Morgan fingerprint density at radius 2 is 2.25 bits per heavy atom. The van der Waals surface area contributed by atoms with E-state index in [1.54, 1.807) is 6.33 Å². The number of rotatable bonds is 5. The van der Waals surface area contributed by atoms with Crippen molar-refractivity contribution < 1.29 is 1.43 Å². The van der Waals surface area contributed by atoms with Gasteiger partial charge in [-0.3, -0.25) is 4.68 Å². The quantitative estimate of drug-likeness (QED) is 0.767. The highest BCUT2D eigenvalue weighted by Crippen LogP contribution is 2.26. The Hall–Kier alpha value is -2.17. The highest BCUT2D eigenvalue weighted by atomic mass is 15.3. The van der Waals surface area contributed by atoms with Crippen molar-refractivity contribution in [1.82, 2.24) is 24.7 Å². The summed E-state index contributed by atoms with van der Waals surface area (Å²) >= 11 is 0. The highest BCUT2D eigenvalue weighted by Gasteiger charge is 2.13. The lowest BCUT2D eigenvalue weighted by atomic mass is 10.1. The Labute approximate surface area is 119 Å². The van der Waals surface area contributed by atoms with Crippen molar-refractivity contribution in [3.05, 3.63) is 31.0 Å². The molecule has 0 aromatic carbocycles. The molecule has 1 N–H and O–H groups in total. The van der Waals surface area contributed by atoms with Gasteiger partial charge in [-0.1, -0.05) is 20.3 Å². The van der Waals surface area contributed by atoms with Crippen LogP contribution in [0, 0.1) is 0 Å². The van der Waals surface area contributed by atoms with Crippen LogP contribution in [0.2, 0.25) is 0 Å². The Morgan fingerprint density at radius 1 is 1.35 bits per heavy atom. The van der Waals surface area contributed by atoms with E-state index < -0.39 is 0 Å². The number of hydrogen-bond donors (Lipinski definition) is 1. The number of nitrogens with zero attached hydrogens (tertiary/aromatic N) is 4. The zero-order valence-corrected chi connectivity index (χ0v) is 11.9. The van der Waals surface area contributed by atoms with E-state index >= 15 is 0 Å². The Kier molecular flexibility index (Phi) is 3.50. The first-order chi connectivity index (χ1) is 9.83. The normalized spacial score (nSPS) is 12.9. The van der Waals surface area contributed by atoms with Crippen LogP contribution >= 0.6 is 0 Å². The minimum atomic E-state index is 0. The molecule has 0 spiro atoms. The van der Waals surface area contributed by atoms with E-state index in [0.29, 0.717) is 6.04 Å². The van der Waals surface area contributed by atoms with E-state index in [4.69, 9.17) is 0 Å². The second kappa shape index (κ2) is 5.45. The molecule has 1 atom stereocenters. The molecule has 0 aliphatic heterocycles. The lowest BCUT2D eigenvalue weighted by Crippen LogP contribution is -2.07. The zero-order chi connectivity index (χ0) is 13.9. The molecule has 0 aliphatic carbocycles. The molecule has 0 amide bonds. The van der Waals surface area contributed by atoms with E-state index in [2.05, 4.69) is 44.8 Å². The van der Waals surface area contributed by atoms with Gasteiger partial charge < -0.3 is 4.98 Å². The van der Waals surface area contributed by atoms with E-state index in [1.807, 2.05) is 18.5 Å². The standard InChI is InChI=1S/C15H19N5.H2/c1-3-5-12(4-2)20-9-11(8-19-20)14-13-6-7-16-15(13)18-10-17-14;/h6-10,12H,3-5H2,1-2H3,(H,16,17,18);1H. The maximum atomic E-state index is 4.52. The number of nitrogens with one attached hydrogen (secondary N) is 1. The van der Waals surface area contributed by atoms with E-state index in [1.165, 1.54) is 6.42 Å². The molecule has 5 heteroatoms. The molecule has 5 nitrogen and oxygen atoms in total. The minimum absolute atomic E-state index is 0. The van der Waals surface area contributed by atoms with Gasteiger partial charge in [0, 0.05) is 24.8 Å². The van der Waals surface area contributed by atoms with Crippen LogP contribution in [0.25, 0.3) is 22.3 Å². The molecule has 20 heavy (non-hydrogen) atoms. The summed E-state index contributed by atoms with van der Waals surface area (Å²) in [5, 5.41) is 5.56. The number of fused-ring (bicyclic) bond motifs is 1. The molecule has 3 rings (SSSR count). The van der Waals surface area contributed by atoms with E-state index in [0.717, 1.165) is 35.1 Å². The van der Waals surface area contributed by atoms with Crippen LogP contribution < -0.4 is 0 Å². The van der Waals surface area contributed by atoms with Gasteiger partial charge in [0.05, 0.1) is 17.9 Å². The number of aromatic amines is 1. The molecule has 1 unspecified atom stereocenters. The molecule has 0 radical (unpaired) electrons. The molecule has 0 saturated carbocycles. The van der Waals surface area contributed by atoms with Gasteiger partial charge in [0.2, 0.25) is 0 Å². The maximum absolute atomic E-state index is 4.52. The Morgan fingerprint density at radius 3 is 3.05 bits per heavy atom. The summed E-state index contributed by atoms with van der Waals surface area (Å²) in [7, 11) is 0. The summed E-state index contributed by atoms with van der Waals surface area (Å²) in [4.78, 5) is 11.7. The first-order valence-corrected chi connectivity index (χ1v) is 7.16. The van der Waals surface area contributed by atoms with E-state index in [9.17, 15) is 0 Å². The fraction of sp³-hybridized carbons (Fsp3) is 0.400. The number of aromatic nitrogens is 5. The van der Waals surface area contributed by atoms with Crippen molar-refractivity contribution in [2.75, 3.05) is 0 Å². The molecule has 3 heterocycles. The summed E-state index contributed by atoms with van der Waals surface area (Å²) in [5.41, 5.74) is 2.85. The average Bonchev–Trinajstić information content (AvgIpc) is 3.12. The highest BCUT2D eigenvalue weighted by molar-refractivity contribution is 5.89. The lowest BCUT2D eigenvalue weighted by Gasteiger charge is -2.13. The predicted molar refractivity (Wildman–Crippen MR) is 81.5 cm³/mol. The first kappa shape index (κ1) is 12.8. The molecular weight excluding hydrogens is 250 g/mol. The Balaban J connectivity index is 0.00000161. The number of hydrogen-bond acceptors (Lipinski definition) is 3. The fourth-order valence-corrected chi connectivity index (χ4v) is 2.62. The van der Waals surface area contributed by atoms with Crippen molar-refractivity contribution in [3.63, 3.8) is 0 Å². The fourth-order valence-electron chi connectivity index (χ4n) is 2.62. The lowest BCUT2D eigenvalue weighted by molar-refractivity contribution is 0.409. The van der Waals surface area contributed by atoms with Gasteiger partial charge in [0.15, 0.2) is 0 Å². The van der Waals surface area contributed by atoms with Gasteiger partial charge in [-0.05, 0) is 18.9 Å². The molecule has 0 aliphatic rings. The monoisotopic (exact) mass is 271 g/mol. The van der Waals surface area contributed by atoms with Gasteiger partial charge in [-0.2, -0.15) is 5.10 Å². The maximum Gasteiger partial charge on any atom is 0.141 e. The largest absolute Gasteiger partial charge is 0.346 e. The van der Waals surface area contributed by atoms with E-state index in [-0.39, 0.29) is 1.43 Å². The van der Waals surface area contributed by atoms with Gasteiger partial charge in [-0.15, -0.1) is 0 Å². The zero-order valence-electron chi connectivity index (χ0n) is 11.9. The molecule has 3 aromatic rings. The molecule has 0 saturated heterocycles. The molecule has 0 fully saturated rings. The van der Waals surface area contributed by atoms with Crippen LogP contribution in [-0.4, -0.2) is 24.7 Å². The SMILES string of the molecule is CCCC(CC)n1cc(-c2ncnc3[nH]ccc23)cn1.[HH]. The summed E-state index contributed by atoms with van der Waals surface area (Å²) in [6, 6.07) is 2.48. The third-order valence-corrected chi connectivity index (χ3v) is 3.70. The molecule has 3 aromatic heterocycles. The van der Waals surface area contributed by atoms with Crippen LogP contribution in [-0.2, 0) is 0 Å². The van der Waals surface area contributed by atoms with Gasteiger partial charge in [0.1, 0.15) is 12.0 Å². The van der Waals surface area contributed by atoms with Crippen LogP contribution in [0.3, 0.4) is 0 Å². The van der Waals surface area contributed by atoms with Crippen molar-refractivity contribution >= 4 is 11.0 Å². The third kappa shape index (κ3) is 2.19. The summed E-state index contributed by atoms with van der Waals surface area (Å²) in [5.74, 6) is 0. The average molecular weight is 271 g/mol. The minimum Gasteiger partial charge on any atom is -0.346 e. The van der Waals surface area contributed by atoms with Gasteiger partial charge in [0.25, 0.3) is 0 Å². The van der Waals surface area contributed by atoms with Crippen molar-refractivity contribution in [2.45, 2.75) is 39.2 Å². The van der Waals surface area contributed by atoms with Crippen molar-refractivity contribution in [2.24, 2.45) is 0 Å². The third-order valence-electron chi connectivity index (χ3n) is 3.70. The Bertz CT molecular complexity index is 703. The van der Waals surface area contributed by atoms with Gasteiger partial charge >= 0.3 is 0 Å². The summed E-state index contributed by atoms with van der Waals surface area (Å²) < 4.78 is 2.07. The number of H-pyrrole nitrogens is 1. The first-order valence-electron chi connectivity index (χ1n) is 7.16. The molecular formula is C15H21N5. The van der Waals surface area contributed by atoms with Crippen LogP contribution in [0.15, 0.2) is 31.0 Å². The summed E-state index contributed by atoms with van der Waals surface area (Å²) in [6.07, 6.45) is 10.9. The van der Waals surface area contributed by atoms with Crippen molar-refractivity contribution in [3.8, 4) is 11.3 Å². The second-order valence-corrected chi connectivity index (χ2v) is 5.02. The topological polar surface area (TPSA) is 59.4 Å². The van der Waals surface area contributed by atoms with Gasteiger partial charge in [-0.25, -0.2) is 9.97 Å². The smallest absolute Gasteiger partial charge is 0.141 e. The van der Waals surface area contributed by atoms with Crippen LogP contribution in [0.1, 0.15) is 40.6 Å². The van der Waals surface area contributed by atoms with Crippen molar-refractivity contribution in [1.29, 1.82) is 0 Å². The van der Waals surface area contributed by atoms with Crippen LogP contribution in [0.4, 0.5) is 0 Å². The molecule has 106 valence electrons.